The highest BCUT2D eigenvalue weighted by Crippen LogP contribution is 2.23. The summed E-state index contributed by atoms with van der Waals surface area (Å²) in [7, 11) is 0. The van der Waals surface area contributed by atoms with Gasteiger partial charge in [0, 0.05) is 24.9 Å². The van der Waals surface area contributed by atoms with Crippen LogP contribution in [0.15, 0.2) is 24.3 Å². The van der Waals surface area contributed by atoms with Crippen LogP contribution in [0, 0.1) is 0 Å². The minimum Gasteiger partial charge on any atom is -0.396 e. The number of carbonyl (C=O) groups excluding carboxylic acids is 1. The lowest BCUT2D eigenvalue weighted by Crippen LogP contribution is -2.52. The van der Waals surface area contributed by atoms with Gasteiger partial charge in [-0.05, 0) is 43.4 Å². The molecule has 0 saturated carbocycles. The molecule has 1 amide bonds. The van der Waals surface area contributed by atoms with E-state index in [1.807, 2.05) is 17.0 Å². The largest absolute Gasteiger partial charge is 0.396 e. The van der Waals surface area contributed by atoms with Crippen molar-refractivity contribution in [3.05, 3.63) is 29.8 Å². The normalized spacial score (nSPS) is 19.3. The average Bonchev–Trinajstić information content (AvgIpc) is 2.47. The maximum absolute atomic E-state index is 12.6. The molecule has 2 N–H and O–H groups in total. The second kappa shape index (κ2) is 7.57. The maximum Gasteiger partial charge on any atom is 0.244 e. The highest BCUT2D eigenvalue weighted by Gasteiger charge is 2.29. The third-order valence-corrected chi connectivity index (χ3v) is 3.82. The number of anilines is 1. The van der Waals surface area contributed by atoms with Crippen LogP contribution in [-0.2, 0) is 11.2 Å². The molecule has 4 nitrogen and oxygen atoms in total. The zero-order valence-corrected chi connectivity index (χ0v) is 13.0. The van der Waals surface area contributed by atoms with Crippen molar-refractivity contribution in [3.63, 3.8) is 0 Å². The molecule has 1 unspecified atom stereocenters. The van der Waals surface area contributed by atoms with Gasteiger partial charge in [0.25, 0.3) is 0 Å². The third kappa shape index (κ3) is 4.29. The van der Waals surface area contributed by atoms with Gasteiger partial charge in [-0.15, -0.1) is 0 Å². The zero-order valence-electron chi connectivity index (χ0n) is 13.0. The second-order valence-electron chi connectivity index (χ2n) is 6.00. The quantitative estimate of drug-likeness (QED) is 0.843. The van der Waals surface area contributed by atoms with E-state index in [1.54, 1.807) is 0 Å². The molecule has 4 heteroatoms. The van der Waals surface area contributed by atoms with E-state index in [0.717, 1.165) is 37.9 Å². The Labute approximate surface area is 127 Å². The van der Waals surface area contributed by atoms with Crippen molar-refractivity contribution in [3.8, 4) is 0 Å². The van der Waals surface area contributed by atoms with E-state index in [9.17, 15) is 4.79 Å². The number of piperidine rings is 1. The number of carbonyl (C=O) groups is 1. The zero-order chi connectivity index (χ0) is 15.2. The second-order valence-corrected chi connectivity index (χ2v) is 6.00. The number of rotatable bonds is 6. The Balaban J connectivity index is 2.11. The summed E-state index contributed by atoms with van der Waals surface area (Å²) in [5.74, 6) is 0.175. The van der Waals surface area contributed by atoms with Gasteiger partial charge in [0.2, 0.25) is 5.91 Å². The summed E-state index contributed by atoms with van der Waals surface area (Å²) in [6.45, 7) is 5.13. The van der Waals surface area contributed by atoms with Crippen molar-refractivity contribution in [2.45, 2.75) is 51.6 Å². The van der Waals surface area contributed by atoms with Crippen LogP contribution in [0.5, 0.6) is 0 Å². The molecule has 0 aliphatic carbocycles. The van der Waals surface area contributed by atoms with Crippen LogP contribution < -0.4 is 10.2 Å². The number of aryl methyl sites for hydroxylation is 1. The van der Waals surface area contributed by atoms with Crippen LogP contribution in [0.4, 0.5) is 5.69 Å². The summed E-state index contributed by atoms with van der Waals surface area (Å²) in [6, 6.07) is 8.37. The Morgan fingerprint density at radius 2 is 2.24 bits per heavy atom. The van der Waals surface area contributed by atoms with E-state index in [4.69, 9.17) is 5.11 Å². The van der Waals surface area contributed by atoms with Crippen molar-refractivity contribution < 1.29 is 9.90 Å². The molecular formula is C17H26N2O2. The first kappa shape index (κ1) is 16.0. The first-order valence-corrected chi connectivity index (χ1v) is 7.89. The number of nitrogens with one attached hydrogen (secondary N) is 1. The molecule has 1 saturated heterocycles. The fourth-order valence-corrected chi connectivity index (χ4v) is 2.85. The summed E-state index contributed by atoms with van der Waals surface area (Å²) >= 11 is 0. The van der Waals surface area contributed by atoms with Crippen LogP contribution in [0.2, 0.25) is 0 Å². The molecule has 1 aliphatic heterocycles. The number of hydrogen-bond donors (Lipinski definition) is 2. The van der Waals surface area contributed by atoms with Crippen LogP contribution in [0.25, 0.3) is 0 Å². The van der Waals surface area contributed by atoms with Gasteiger partial charge in [-0.2, -0.15) is 0 Å². The van der Waals surface area contributed by atoms with E-state index in [0.29, 0.717) is 6.04 Å². The van der Waals surface area contributed by atoms with Gasteiger partial charge in [0.1, 0.15) is 0 Å². The Kier molecular flexibility index (Phi) is 5.76. The van der Waals surface area contributed by atoms with Crippen LogP contribution in [-0.4, -0.2) is 36.2 Å². The molecule has 21 heavy (non-hydrogen) atoms. The molecule has 1 heterocycles. The number of nitrogens with zero attached hydrogens (tertiary/aromatic N) is 1. The first-order chi connectivity index (χ1) is 10.1. The average molecular weight is 290 g/mol. The Bertz CT molecular complexity index is 474. The van der Waals surface area contributed by atoms with Crippen molar-refractivity contribution in [1.82, 2.24) is 5.32 Å². The molecule has 1 aromatic carbocycles. The molecule has 0 bridgehead atoms. The van der Waals surface area contributed by atoms with Gasteiger partial charge < -0.3 is 15.3 Å². The molecule has 116 valence electrons. The van der Waals surface area contributed by atoms with E-state index in [2.05, 4.69) is 31.3 Å². The van der Waals surface area contributed by atoms with Gasteiger partial charge in [0.05, 0.1) is 6.04 Å². The molecule has 1 atom stereocenters. The summed E-state index contributed by atoms with van der Waals surface area (Å²) in [5, 5.41) is 12.3. The molecule has 1 fully saturated rings. The predicted molar refractivity (Wildman–Crippen MR) is 85.5 cm³/mol. The van der Waals surface area contributed by atoms with Crippen molar-refractivity contribution in [2.75, 3.05) is 18.1 Å². The third-order valence-electron chi connectivity index (χ3n) is 3.82. The molecule has 0 radical (unpaired) electrons. The highest BCUT2D eigenvalue weighted by atomic mass is 16.2. The van der Waals surface area contributed by atoms with E-state index >= 15 is 0 Å². The summed E-state index contributed by atoms with van der Waals surface area (Å²) < 4.78 is 0. The van der Waals surface area contributed by atoms with Crippen molar-refractivity contribution in [2.24, 2.45) is 0 Å². The van der Waals surface area contributed by atoms with Crippen molar-refractivity contribution >= 4 is 11.6 Å². The lowest BCUT2D eigenvalue weighted by atomic mass is 10.0. The minimum absolute atomic E-state index is 0.0696. The fourth-order valence-electron chi connectivity index (χ4n) is 2.85. The molecule has 1 aromatic rings. The van der Waals surface area contributed by atoms with Gasteiger partial charge in [-0.1, -0.05) is 26.0 Å². The summed E-state index contributed by atoms with van der Waals surface area (Å²) in [5.41, 5.74) is 2.15. The van der Waals surface area contributed by atoms with Gasteiger partial charge in [-0.3, -0.25) is 4.79 Å². The molecule has 1 aliphatic rings. The minimum atomic E-state index is -0.0696. The van der Waals surface area contributed by atoms with Crippen molar-refractivity contribution in [1.29, 1.82) is 0 Å². The predicted octanol–water partition coefficient (Wildman–Crippen LogP) is 2.10. The molecule has 0 aromatic heterocycles. The lowest BCUT2D eigenvalue weighted by Gasteiger charge is -2.34. The number of benzene rings is 1. The Morgan fingerprint density at radius 3 is 2.95 bits per heavy atom. The van der Waals surface area contributed by atoms with Crippen LogP contribution in [0.1, 0.15) is 38.7 Å². The highest BCUT2D eigenvalue weighted by molar-refractivity contribution is 5.98. The molecule has 2 rings (SSSR count). The number of hydrogen-bond acceptors (Lipinski definition) is 3. The monoisotopic (exact) mass is 290 g/mol. The summed E-state index contributed by atoms with van der Waals surface area (Å²) in [4.78, 5) is 14.5. The Hall–Kier alpha value is -1.39. The lowest BCUT2D eigenvalue weighted by molar-refractivity contribution is -0.121. The molecular weight excluding hydrogens is 264 g/mol. The van der Waals surface area contributed by atoms with Crippen LogP contribution in [0.3, 0.4) is 0 Å². The van der Waals surface area contributed by atoms with E-state index in [-0.39, 0.29) is 18.6 Å². The number of aliphatic hydroxyl groups is 1. The van der Waals surface area contributed by atoms with Gasteiger partial charge >= 0.3 is 0 Å². The first-order valence-electron chi connectivity index (χ1n) is 7.89. The van der Waals surface area contributed by atoms with Gasteiger partial charge in [0.15, 0.2) is 0 Å². The molecule has 0 spiro atoms. The van der Waals surface area contributed by atoms with Gasteiger partial charge in [-0.25, -0.2) is 0 Å². The Morgan fingerprint density at radius 1 is 1.43 bits per heavy atom. The number of aliphatic hydroxyl groups excluding tert-OH is 1. The van der Waals surface area contributed by atoms with Crippen LogP contribution >= 0.6 is 0 Å². The van der Waals surface area contributed by atoms with E-state index < -0.39 is 0 Å². The maximum atomic E-state index is 12.6. The SMILES string of the molecule is CC(C)NC1CCCN(c2cccc(CCCO)c2)C1=O. The smallest absolute Gasteiger partial charge is 0.244 e. The summed E-state index contributed by atoms with van der Waals surface area (Å²) in [6.07, 6.45) is 3.55. The topological polar surface area (TPSA) is 52.6 Å². The number of amides is 1. The fraction of sp³-hybridized carbons (Fsp3) is 0.588. The standard InChI is InChI=1S/C17H26N2O2/c1-13(2)18-16-9-4-10-19(17(16)21)15-8-3-6-14(12-15)7-5-11-20/h3,6,8,12-13,16,18,20H,4-5,7,9-11H2,1-2H3. The van der Waals surface area contributed by atoms with E-state index in [1.165, 1.54) is 5.56 Å².